The summed E-state index contributed by atoms with van der Waals surface area (Å²) in [4.78, 5) is 39.5. The van der Waals surface area contributed by atoms with Gasteiger partial charge in [0, 0.05) is 32.4 Å². The largest absolute Gasteiger partial charge is 0.447 e. The Bertz CT molecular complexity index is 997. The van der Waals surface area contributed by atoms with Crippen LogP contribution in [0.5, 0.6) is 0 Å². The molecule has 5 rings (SSSR count). The molecule has 0 radical (unpaired) electrons. The number of amides is 2. The lowest BCUT2D eigenvalue weighted by Gasteiger charge is -2.36. The Balaban J connectivity index is 1.21. The van der Waals surface area contributed by atoms with Crippen molar-refractivity contribution in [2.45, 2.75) is 38.6 Å². The van der Waals surface area contributed by atoms with Crippen molar-refractivity contribution in [2.75, 3.05) is 42.6 Å². The van der Waals surface area contributed by atoms with Crippen LogP contribution in [0, 0.1) is 6.92 Å². The first-order valence-electron chi connectivity index (χ1n) is 10.9. The summed E-state index contributed by atoms with van der Waals surface area (Å²) in [6.45, 7) is 7.15. The fourth-order valence-corrected chi connectivity index (χ4v) is 4.37. The Labute approximate surface area is 181 Å². The van der Waals surface area contributed by atoms with E-state index < -0.39 is 0 Å². The first kappa shape index (κ1) is 19.8. The number of carbonyl (C=O) groups is 2. The molecule has 0 aromatic carbocycles. The van der Waals surface area contributed by atoms with Crippen LogP contribution in [-0.4, -0.2) is 65.7 Å². The second-order valence-electron chi connectivity index (χ2n) is 8.66. The SMILES string of the molecule is Cc1cc(C2CC2)cnc1N1CCN(C(=O)c2ccc(N3C(=O)OC[C@H]3C)cn2)CC1. The van der Waals surface area contributed by atoms with E-state index in [9.17, 15) is 9.59 Å². The molecule has 162 valence electrons. The van der Waals surface area contributed by atoms with Gasteiger partial charge >= 0.3 is 6.09 Å². The number of nitrogens with zero attached hydrogens (tertiary/aromatic N) is 5. The Morgan fingerprint density at radius 2 is 1.87 bits per heavy atom. The van der Waals surface area contributed by atoms with E-state index in [0.717, 1.165) is 18.9 Å². The highest BCUT2D eigenvalue weighted by Crippen LogP contribution is 2.40. The Morgan fingerprint density at radius 1 is 1.10 bits per heavy atom. The molecule has 2 aromatic rings. The van der Waals surface area contributed by atoms with Crippen LogP contribution in [0.4, 0.5) is 16.3 Å². The van der Waals surface area contributed by atoms with E-state index in [-0.39, 0.29) is 18.0 Å². The van der Waals surface area contributed by atoms with Gasteiger partial charge in [-0.25, -0.2) is 14.8 Å². The van der Waals surface area contributed by atoms with Crippen LogP contribution >= 0.6 is 0 Å². The molecule has 0 unspecified atom stereocenters. The summed E-state index contributed by atoms with van der Waals surface area (Å²) in [5, 5.41) is 0. The van der Waals surface area contributed by atoms with Crippen LogP contribution in [0.3, 0.4) is 0 Å². The third-order valence-corrected chi connectivity index (χ3v) is 6.32. The number of rotatable bonds is 4. The zero-order valence-corrected chi connectivity index (χ0v) is 18.0. The number of piperazine rings is 1. The lowest BCUT2D eigenvalue weighted by molar-refractivity contribution is 0.0740. The number of hydrogen-bond donors (Lipinski definition) is 0. The first-order chi connectivity index (χ1) is 15.0. The zero-order valence-electron chi connectivity index (χ0n) is 18.0. The molecule has 8 nitrogen and oxygen atoms in total. The van der Waals surface area contributed by atoms with Crippen molar-refractivity contribution < 1.29 is 14.3 Å². The number of aromatic nitrogens is 2. The number of pyridine rings is 2. The highest BCUT2D eigenvalue weighted by molar-refractivity contribution is 5.94. The topological polar surface area (TPSA) is 78.9 Å². The van der Waals surface area contributed by atoms with Crippen LogP contribution in [0.25, 0.3) is 0 Å². The van der Waals surface area contributed by atoms with E-state index in [1.54, 1.807) is 23.2 Å². The van der Waals surface area contributed by atoms with Gasteiger partial charge in [0.15, 0.2) is 0 Å². The third-order valence-electron chi connectivity index (χ3n) is 6.32. The molecule has 2 amide bonds. The van der Waals surface area contributed by atoms with Gasteiger partial charge in [-0.3, -0.25) is 9.69 Å². The van der Waals surface area contributed by atoms with Crippen molar-refractivity contribution in [1.82, 2.24) is 14.9 Å². The third kappa shape index (κ3) is 3.82. The average molecular weight is 422 g/mol. The molecule has 0 spiro atoms. The molecular weight excluding hydrogens is 394 g/mol. The van der Waals surface area contributed by atoms with Gasteiger partial charge in [0.05, 0.1) is 17.9 Å². The molecule has 3 fully saturated rings. The number of cyclic esters (lactones) is 1. The van der Waals surface area contributed by atoms with E-state index in [4.69, 9.17) is 9.72 Å². The summed E-state index contributed by atoms with van der Waals surface area (Å²) in [6.07, 6.45) is 5.76. The van der Waals surface area contributed by atoms with E-state index in [0.29, 0.717) is 37.0 Å². The molecule has 1 saturated carbocycles. The summed E-state index contributed by atoms with van der Waals surface area (Å²) >= 11 is 0. The summed E-state index contributed by atoms with van der Waals surface area (Å²) in [7, 11) is 0. The van der Waals surface area contributed by atoms with Gasteiger partial charge in [-0.1, -0.05) is 6.07 Å². The Morgan fingerprint density at radius 3 is 2.45 bits per heavy atom. The van der Waals surface area contributed by atoms with Gasteiger partial charge in [-0.15, -0.1) is 0 Å². The van der Waals surface area contributed by atoms with Gasteiger partial charge < -0.3 is 14.5 Å². The van der Waals surface area contributed by atoms with E-state index in [2.05, 4.69) is 22.9 Å². The minimum Gasteiger partial charge on any atom is -0.447 e. The molecule has 2 aliphatic heterocycles. The maximum Gasteiger partial charge on any atom is 0.414 e. The fraction of sp³-hybridized carbons (Fsp3) is 0.478. The maximum absolute atomic E-state index is 12.9. The lowest BCUT2D eigenvalue weighted by atomic mass is 10.1. The summed E-state index contributed by atoms with van der Waals surface area (Å²) in [5.41, 5.74) is 3.59. The van der Waals surface area contributed by atoms with Crippen molar-refractivity contribution in [2.24, 2.45) is 0 Å². The van der Waals surface area contributed by atoms with Gasteiger partial charge in [-0.2, -0.15) is 0 Å². The number of aryl methyl sites for hydroxylation is 1. The van der Waals surface area contributed by atoms with Crippen LogP contribution in [-0.2, 0) is 4.74 Å². The van der Waals surface area contributed by atoms with Crippen molar-refractivity contribution in [3.05, 3.63) is 47.4 Å². The van der Waals surface area contributed by atoms with E-state index in [1.165, 1.54) is 24.0 Å². The molecule has 2 saturated heterocycles. The normalized spacial score (nSPS) is 21.4. The molecule has 2 aromatic heterocycles. The highest BCUT2D eigenvalue weighted by Gasteiger charge is 2.32. The van der Waals surface area contributed by atoms with Crippen molar-refractivity contribution in [1.29, 1.82) is 0 Å². The molecule has 4 heterocycles. The van der Waals surface area contributed by atoms with E-state index >= 15 is 0 Å². The van der Waals surface area contributed by atoms with Crippen molar-refractivity contribution >= 4 is 23.5 Å². The Kier molecular flexibility index (Phi) is 5.00. The van der Waals surface area contributed by atoms with E-state index in [1.807, 2.05) is 18.0 Å². The molecular formula is C23H27N5O3. The second kappa shape index (κ2) is 7.83. The lowest BCUT2D eigenvalue weighted by Crippen LogP contribution is -2.49. The maximum atomic E-state index is 12.9. The van der Waals surface area contributed by atoms with Crippen LogP contribution < -0.4 is 9.80 Å². The highest BCUT2D eigenvalue weighted by atomic mass is 16.6. The monoisotopic (exact) mass is 421 g/mol. The molecule has 8 heteroatoms. The number of ether oxygens (including phenoxy) is 1. The van der Waals surface area contributed by atoms with Gasteiger partial charge in [0.1, 0.15) is 18.1 Å². The van der Waals surface area contributed by atoms with Gasteiger partial charge in [0.25, 0.3) is 5.91 Å². The first-order valence-corrected chi connectivity index (χ1v) is 10.9. The summed E-state index contributed by atoms with van der Waals surface area (Å²) in [5.74, 6) is 1.63. The minimum atomic E-state index is -0.376. The summed E-state index contributed by atoms with van der Waals surface area (Å²) in [6, 6.07) is 5.67. The van der Waals surface area contributed by atoms with Gasteiger partial charge in [0.2, 0.25) is 0 Å². The van der Waals surface area contributed by atoms with Gasteiger partial charge in [-0.05, 0) is 55.9 Å². The molecule has 1 atom stereocenters. The van der Waals surface area contributed by atoms with Crippen LogP contribution in [0.1, 0.15) is 47.3 Å². The zero-order chi connectivity index (χ0) is 21.5. The quantitative estimate of drug-likeness (QED) is 0.755. The summed E-state index contributed by atoms with van der Waals surface area (Å²) < 4.78 is 5.06. The molecule has 0 N–H and O–H groups in total. The van der Waals surface area contributed by atoms with Crippen LogP contribution in [0.2, 0.25) is 0 Å². The van der Waals surface area contributed by atoms with Crippen LogP contribution in [0.15, 0.2) is 30.6 Å². The molecule has 0 bridgehead atoms. The second-order valence-corrected chi connectivity index (χ2v) is 8.66. The number of carbonyl (C=O) groups excluding carboxylic acids is 2. The molecule has 3 aliphatic rings. The Hall–Kier alpha value is -3.16. The average Bonchev–Trinajstić information content (AvgIpc) is 3.58. The number of anilines is 2. The van der Waals surface area contributed by atoms with Crippen molar-refractivity contribution in [3.63, 3.8) is 0 Å². The smallest absolute Gasteiger partial charge is 0.414 e. The predicted molar refractivity (Wildman–Crippen MR) is 117 cm³/mol. The predicted octanol–water partition coefficient (Wildman–Crippen LogP) is 2.97. The standard InChI is InChI=1S/C23H27N5O3/c1-15-11-18(17-3-4-17)12-25-21(15)26-7-9-27(10-8-26)22(29)20-6-5-19(13-24-20)28-16(2)14-31-23(28)30/h5-6,11-13,16-17H,3-4,7-10,14H2,1-2H3/t16-/m1/s1. The number of hydrogen-bond acceptors (Lipinski definition) is 6. The fourth-order valence-electron chi connectivity index (χ4n) is 4.37. The molecule has 31 heavy (non-hydrogen) atoms. The minimum absolute atomic E-state index is 0.0423. The van der Waals surface area contributed by atoms with Crippen molar-refractivity contribution in [3.8, 4) is 0 Å². The molecule has 1 aliphatic carbocycles.